The zero-order chi connectivity index (χ0) is 18.5. The van der Waals surface area contributed by atoms with Crippen molar-refractivity contribution in [2.24, 2.45) is 0 Å². The average Bonchev–Trinajstić information content (AvgIpc) is 2.50. The summed E-state index contributed by atoms with van der Waals surface area (Å²) >= 11 is -3.33. The van der Waals surface area contributed by atoms with Gasteiger partial charge in [-0.25, -0.2) is 0 Å². The molecule has 0 aromatic carbocycles. The summed E-state index contributed by atoms with van der Waals surface area (Å²) in [4.78, 5) is 10.3. The molecule has 0 aliphatic carbocycles. The van der Waals surface area contributed by atoms with Gasteiger partial charge in [-0.2, -0.15) is 0 Å². The van der Waals surface area contributed by atoms with E-state index >= 15 is 0 Å². The van der Waals surface area contributed by atoms with Crippen molar-refractivity contribution < 1.29 is 40.0 Å². The van der Waals surface area contributed by atoms with E-state index in [4.69, 9.17) is 16.2 Å². The van der Waals surface area contributed by atoms with Crippen LogP contribution in [0.15, 0.2) is 0 Å². The Morgan fingerprint density at radius 3 is 1.12 bits per heavy atom. The van der Waals surface area contributed by atoms with Gasteiger partial charge in [-0.15, -0.1) is 0 Å². The van der Waals surface area contributed by atoms with Gasteiger partial charge in [0.15, 0.2) is 0 Å². The van der Waals surface area contributed by atoms with Crippen molar-refractivity contribution in [1.82, 2.24) is 0 Å². The maximum absolute atomic E-state index is 10.3. The topological polar surface area (TPSA) is 98.0 Å². The molecule has 0 bridgehead atoms. The van der Waals surface area contributed by atoms with Crippen molar-refractivity contribution in [3.63, 3.8) is 0 Å². The van der Waals surface area contributed by atoms with Gasteiger partial charge in [0.2, 0.25) is 0 Å². The molecule has 0 saturated carbocycles. The minimum absolute atomic E-state index is 0.345. The first-order valence-electron chi connectivity index (χ1n) is 9.66. The molecule has 0 unspecified atom stereocenters. The fourth-order valence-corrected chi connectivity index (χ4v) is 2.65. The maximum atomic E-state index is 10.3. The Balaban J connectivity index is 0. The van der Waals surface area contributed by atoms with E-state index in [1.807, 2.05) is 0 Å². The minimum atomic E-state index is -3.33. The third-order valence-corrected chi connectivity index (χ3v) is 3.99. The normalized spacial score (nSPS) is 10.2. The van der Waals surface area contributed by atoms with Gasteiger partial charge in [0.05, 0.1) is 0 Å². The van der Waals surface area contributed by atoms with Crippen LogP contribution in [0.25, 0.3) is 0 Å². The fraction of sp³-hybridized carbons (Fsp3) is 0.944. The van der Waals surface area contributed by atoms with E-state index in [9.17, 15) is 4.79 Å². The molecule has 0 aromatic heterocycles. The molecule has 24 heavy (non-hydrogen) atoms. The van der Waals surface area contributed by atoms with Crippen LogP contribution in [0, 0.1) is 0 Å². The Hall–Kier alpha value is 0.0643. The Morgan fingerprint density at radius 2 is 0.875 bits per heavy atom. The summed E-state index contributed by atoms with van der Waals surface area (Å²) in [6.45, 7) is 2.27. The van der Waals surface area contributed by atoms with E-state index in [1.54, 1.807) is 0 Å². The molecule has 0 fully saturated rings. The van der Waals surface area contributed by atoms with Crippen LogP contribution in [-0.2, 0) is 23.8 Å². The molecule has 0 heterocycles. The SMILES string of the molecule is CCCCCCCCCCCCCCCCCC(=O)O.[OH][Ti]([OH])[OH]. The second-order valence-electron chi connectivity index (χ2n) is 6.39. The van der Waals surface area contributed by atoms with Crippen LogP contribution in [0.2, 0.25) is 0 Å². The number of rotatable bonds is 16. The molecule has 4 N–H and O–H groups in total. The van der Waals surface area contributed by atoms with Crippen molar-refractivity contribution in [2.75, 3.05) is 0 Å². The summed E-state index contributed by atoms with van der Waals surface area (Å²) in [7, 11) is 0. The van der Waals surface area contributed by atoms with Gasteiger partial charge in [0.25, 0.3) is 0 Å². The molecule has 0 aromatic rings. The Labute approximate surface area is 155 Å². The molecule has 0 rings (SSSR count). The van der Waals surface area contributed by atoms with Gasteiger partial charge < -0.3 is 5.11 Å². The van der Waals surface area contributed by atoms with Crippen molar-refractivity contribution in [3.8, 4) is 0 Å². The van der Waals surface area contributed by atoms with Crippen LogP contribution in [0.3, 0.4) is 0 Å². The summed E-state index contributed by atoms with van der Waals surface area (Å²) in [6, 6.07) is 0. The third-order valence-electron chi connectivity index (χ3n) is 3.99. The standard InChI is InChI=1S/C18H36O2.3H2O.Ti/c1-2-3-4-5-6-7-8-9-10-11-12-13-14-15-16-17-18(19)20;;;;/h2-17H2,1H3,(H,19,20);3*1H2;/q;;;;+3/p-3. The first-order chi connectivity index (χ1) is 11.5. The molecule has 0 saturated heterocycles. The third kappa shape index (κ3) is 33.6. The molecule has 0 spiro atoms. The van der Waals surface area contributed by atoms with E-state index in [2.05, 4.69) is 6.92 Å². The molecule has 0 radical (unpaired) electrons. The van der Waals surface area contributed by atoms with Gasteiger partial charge in [-0.05, 0) is 6.42 Å². The van der Waals surface area contributed by atoms with Crippen molar-refractivity contribution in [3.05, 3.63) is 0 Å². The Kier molecular flexibility index (Phi) is 25.3. The van der Waals surface area contributed by atoms with Gasteiger partial charge >= 0.3 is 36.1 Å². The number of carboxylic acid groups (broad SMARTS) is 1. The second-order valence-corrected chi connectivity index (χ2v) is 7.33. The molecule has 0 aliphatic heterocycles. The number of hydrogen-bond donors (Lipinski definition) is 4. The van der Waals surface area contributed by atoms with E-state index in [-0.39, 0.29) is 0 Å². The van der Waals surface area contributed by atoms with Crippen molar-refractivity contribution >= 4 is 5.97 Å². The molecular weight excluding hydrogens is 344 g/mol. The quantitative estimate of drug-likeness (QED) is 0.230. The second kappa shape index (κ2) is 23.1. The predicted octanol–water partition coefficient (Wildman–Crippen LogP) is 4.66. The molecule has 145 valence electrons. The van der Waals surface area contributed by atoms with Crippen LogP contribution < -0.4 is 0 Å². The van der Waals surface area contributed by atoms with Crippen LogP contribution in [0.4, 0.5) is 0 Å². The van der Waals surface area contributed by atoms with E-state index in [1.165, 1.54) is 83.5 Å². The fourth-order valence-electron chi connectivity index (χ4n) is 2.65. The first-order valence-corrected chi connectivity index (χ1v) is 11.8. The van der Waals surface area contributed by atoms with Crippen molar-refractivity contribution in [1.29, 1.82) is 0 Å². The first kappa shape index (κ1) is 26.3. The molecule has 0 atom stereocenters. The summed E-state index contributed by atoms with van der Waals surface area (Å²) in [5, 5.41) is 8.52. The van der Waals surface area contributed by atoms with Crippen LogP contribution in [0.1, 0.15) is 110 Å². The monoisotopic (exact) mass is 383 g/mol. The average molecular weight is 383 g/mol. The Bertz CT molecular complexity index is 247. The summed E-state index contributed by atoms with van der Waals surface area (Å²) in [5.41, 5.74) is 0. The number of aliphatic carboxylic acids is 1. The van der Waals surface area contributed by atoms with Crippen LogP contribution in [0.5, 0.6) is 0 Å². The summed E-state index contributed by atoms with van der Waals surface area (Å²) < 4.78 is 22.0. The van der Waals surface area contributed by atoms with E-state index in [0.717, 1.165) is 12.8 Å². The van der Waals surface area contributed by atoms with Crippen LogP contribution in [-0.4, -0.2) is 22.1 Å². The number of carboxylic acids is 1. The van der Waals surface area contributed by atoms with E-state index < -0.39 is 25.0 Å². The van der Waals surface area contributed by atoms with Gasteiger partial charge in [0.1, 0.15) is 0 Å². The number of hydrogen-bond acceptors (Lipinski definition) is 4. The molecular formula is C18H39O5Ti. The van der Waals surface area contributed by atoms with E-state index in [0.29, 0.717) is 6.42 Å². The van der Waals surface area contributed by atoms with Gasteiger partial charge in [0, 0.05) is 6.42 Å². The molecule has 6 heteroatoms. The summed E-state index contributed by atoms with van der Waals surface area (Å²) in [5.74, 6) is -0.653. The van der Waals surface area contributed by atoms with Crippen molar-refractivity contribution in [2.45, 2.75) is 110 Å². The molecule has 0 amide bonds. The zero-order valence-corrected chi connectivity index (χ0v) is 17.1. The molecule has 5 nitrogen and oxygen atoms in total. The number of unbranched alkanes of at least 4 members (excludes halogenated alkanes) is 14. The van der Waals surface area contributed by atoms with Gasteiger partial charge in [-0.3, -0.25) is 4.79 Å². The Morgan fingerprint density at radius 1 is 0.625 bits per heavy atom. The zero-order valence-electron chi connectivity index (χ0n) is 15.5. The van der Waals surface area contributed by atoms with Crippen LogP contribution >= 0.6 is 0 Å². The molecule has 0 aliphatic rings. The predicted molar refractivity (Wildman–Crippen MR) is 93.8 cm³/mol. The summed E-state index contributed by atoms with van der Waals surface area (Å²) in [6.07, 6.45) is 20.2. The number of carbonyl (C=O) groups is 1. The van der Waals surface area contributed by atoms with Gasteiger partial charge in [-0.1, -0.05) is 96.8 Å².